The minimum Gasteiger partial charge on any atom is -0.491 e. The van der Waals surface area contributed by atoms with E-state index in [2.05, 4.69) is 33.0 Å². The number of hydrogen-bond acceptors (Lipinski definition) is 6. The van der Waals surface area contributed by atoms with Crippen molar-refractivity contribution in [1.29, 1.82) is 0 Å². The second-order valence-electron chi connectivity index (χ2n) is 8.03. The predicted octanol–water partition coefficient (Wildman–Crippen LogP) is 2.91. The van der Waals surface area contributed by atoms with E-state index in [1.165, 1.54) is 0 Å². The van der Waals surface area contributed by atoms with Crippen LogP contribution in [-0.4, -0.2) is 85.6 Å². The molecule has 3 aromatic rings. The molecule has 0 saturated carbocycles. The molecule has 1 atom stereocenters. The van der Waals surface area contributed by atoms with E-state index < -0.39 is 6.10 Å². The molecule has 2 aromatic carbocycles. The van der Waals surface area contributed by atoms with Gasteiger partial charge in [0.2, 0.25) is 0 Å². The van der Waals surface area contributed by atoms with E-state index in [1.54, 1.807) is 13.3 Å². The third-order valence-corrected chi connectivity index (χ3v) is 5.80. The molecule has 1 aliphatic heterocycles. The summed E-state index contributed by atoms with van der Waals surface area (Å²) in [4.78, 5) is 8.97. The Balaban J connectivity index is 1.37. The number of β-amino-alcohol motifs (C(OH)–C–C–N with tert-alkyl or cyclic N) is 1. The van der Waals surface area contributed by atoms with E-state index >= 15 is 0 Å². The van der Waals surface area contributed by atoms with Crippen molar-refractivity contribution in [2.75, 3.05) is 59.6 Å². The Morgan fingerprint density at radius 2 is 1.84 bits per heavy atom. The lowest BCUT2D eigenvalue weighted by Crippen LogP contribution is -2.49. The Bertz CT molecular complexity index is 959. The van der Waals surface area contributed by atoms with Crippen molar-refractivity contribution in [2.45, 2.75) is 6.10 Å². The molecule has 1 aliphatic rings. The Labute approximate surface area is 184 Å². The van der Waals surface area contributed by atoms with Crippen LogP contribution in [0.25, 0.3) is 21.9 Å². The summed E-state index contributed by atoms with van der Waals surface area (Å²) in [6.07, 6.45) is 3.12. The number of ether oxygens (including phenoxy) is 2. The van der Waals surface area contributed by atoms with Gasteiger partial charge in [-0.05, 0) is 34.5 Å². The molecule has 1 N–H and O–H groups in total. The maximum atomic E-state index is 10.6. The van der Waals surface area contributed by atoms with Gasteiger partial charge < -0.3 is 14.6 Å². The number of nitrogens with zero attached hydrogens (tertiary/aromatic N) is 3. The topological polar surface area (TPSA) is 58.1 Å². The fraction of sp³-hybridized carbons (Fsp3) is 0.400. The molecule has 31 heavy (non-hydrogen) atoms. The van der Waals surface area contributed by atoms with Gasteiger partial charge in [0.15, 0.2) is 0 Å². The van der Waals surface area contributed by atoms with Crippen molar-refractivity contribution in [1.82, 2.24) is 14.8 Å². The number of methoxy groups -OCH3 is 1. The quantitative estimate of drug-likeness (QED) is 0.573. The van der Waals surface area contributed by atoms with Crippen molar-refractivity contribution < 1.29 is 14.6 Å². The smallest absolute Gasteiger partial charge is 0.120 e. The van der Waals surface area contributed by atoms with Crippen LogP contribution in [0.4, 0.5) is 0 Å². The minimum atomic E-state index is -0.529. The zero-order chi connectivity index (χ0) is 21.5. The average molecular weight is 422 g/mol. The van der Waals surface area contributed by atoms with Crippen LogP contribution < -0.4 is 4.74 Å². The first-order chi connectivity index (χ1) is 15.2. The van der Waals surface area contributed by atoms with Gasteiger partial charge in [0.25, 0.3) is 0 Å². The molecule has 0 amide bonds. The van der Waals surface area contributed by atoms with Crippen LogP contribution in [0.2, 0.25) is 0 Å². The lowest BCUT2D eigenvalue weighted by molar-refractivity contribution is 0.0405. The summed E-state index contributed by atoms with van der Waals surface area (Å²) < 4.78 is 11.2. The van der Waals surface area contributed by atoms with E-state index in [9.17, 15) is 5.11 Å². The summed E-state index contributed by atoms with van der Waals surface area (Å²) in [7, 11) is 1.74. The number of fused-ring (bicyclic) bond motifs is 1. The molecule has 0 spiro atoms. The van der Waals surface area contributed by atoms with Crippen molar-refractivity contribution in [3.8, 4) is 16.9 Å². The van der Waals surface area contributed by atoms with Crippen LogP contribution in [-0.2, 0) is 4.74 Å². The van der Waals surface area contributed by atoms with Gasteiger partial charge in [0.1, 0.15) is 18.5 Å². The van der Waals surface area contributed by atoms with Gasteiger partial charge in [-0.25, -0.2) is 0 Å². The first kappa shape index (κ1) is 21.7. The summed E-state index contributed by atoms with van der Waals surface area (Å²) in [6, 6.07) is 16.3. The molecule has 0 radical (unpaired) electrons. The van der Waals surface area contributed by atoms with Crippen LogP contribution in [0, 0.1) is 0 Å². The van der Waals surface area contributed by atoms with Crippen LogP contribution in [0.15, 0.2) is 60.9 Å². The second kappa shape index (κ2) is 10.7. The lowest BCUT2D eigenvalue weighted by Gasteiger charge is -2.35. The van der Waals surface area contributed by atoms with Gasteiger partial charge in [0.05, 0.1) is 6.61 Å². The van der Waals surface area contributed by atoms with Crippen molar-refractivity contribution >= 4 is 10.8 Å². The molecule has 4 rings (SSSR count). The predicted molar refractivity (Wildman–Crippen MR) is 123 cm³/mol. The van der Waals surface area contributed by atoms with Gasteiger partial charge in [-0.1, -0.05) is 30.3 Å². The average Bonchev–Trinajstić information content (AvgIpc) is 2.82. The van der Waals surface area contributed by atoms with E-state index in [4.69, 9.17) is 9.47 Å². The fourth-order valence-electron chi connectivity index (χ4n) is 4.09. The van der Waals surface area contributed by atoms with E-state index in [1.807, 2.05) is 36.5 Å². The van der Waals surface area contributed by atoms with Crippen LogP contribution in [0.1, 0.15) is 0 Å². The number of pyridine rings is 1. The molecule has 6 nitrogen and oxygen atoms in total. The number of piperazine rings is 1. The molecule has 1 fully saturated rings. The largest absolute Gasteiger partial charge is 0.491 e. The Kier molecular flexibility index (Phi) is 7.48. The third kappa shape index (κ3) is 5.80. The maximum Gasteiger partial charge on any atom is 0.120 e. The SMILES string of the molecule is COCCN1CCN(CC(O)COc2cc(-c3cccnc3)c3ccccc3c2)CC1. The third-order valence-electron chi connectivity index (χ3n) is 5.80. The first-order valence-corrected chi connectivity index (χ1v) is 10.9. The monoisotopic (exact) mass is 421 g/mol. The molecule has 1 unspecified atom stereocenters. The molecule has 1 aromatic heterocycles. The number of aliphatic hydroxyl groups excluding tert-OH is 1. The summed E-state index contributed by atoms with van der Waals surface area (Å²) in [5, 5.41) is 12.8. The number of hydrogen-bond donors (Lipinski definition) is 1. The molecule has 1 saturated heterocycles. The van der Waals surface area contributed by atoms with Crippen molar-refractivity contribution in [3.63, 3.8) is 0 Å². The molecule has 2 heterocycles. The fourth-order valence-corrected chi connectivity index (χ4v) is 4.09. The van der Waals surface area contributed by atoms with Crippen LogP contribution in [0.5, 0.6) is 5.75 Å². The zero-order valence-corrected chi connectivity index (χ0v) is 18.1. The van der Waals surface area contributed by atoms with Crippen molar-refractivity contribution in [3.05, 3.63) is 60.9 Å². The molecule has 164 valence electrons. The van der Waals surface area contributed by atoms with Gasteiger partial charge in [-0.2, -0.15) is 0 Å². The molecular formula is C25H31N3O3. The highest BCUT2D eigenvalue weighted by molar-refractivity contribution is 5.97. The minimum absolute atomic E-state index is 0.273. The number of aliphatic hydroxyl groups is 1. The number of aromatic nitrogens is 1. The Morgan fingerprint density at radius 3 is 2.61 bits per heavy atom. The van der Waals surface area contributed by atoms with Gasteiger partial charge in [0, 0.05) is 64.3 Å². The number of rotatable bonds is 9. The van der Waals surface area contributed by atoms with Crippen molar-refractivity contribution in [2.24, 2.45) is 0 Å². The highest BCUT2D eigenvalue weighted by atomic mass is 16.5. The van der Waals surface area contributed by atoms with Crippen LogP contribution >= 0.6 is 0 Å². The highest BCUT2D eigenvalue weighted by Gasteiger charge is 2.19. The molecule has 0 bridgehead atoms. The van der Waals surface area contributed by atoms with E-state index in [-0.39, 0.29) is 6.61 Å². The highest BCUT2D eigenvalue weighted by Crippen LogP contribution is 2.32. The van der Waals surface area contributed by atoms with E-state index in [0.29, 0.717) is 6.54 Å². The summed E-state index contributed by atoms with van der Waals surface area (Å²) in [6.45, 7) is 6.58. The van der Waals surface area contributed by atoms with E-state index in [0.717, 1.165) is 67.0 Å². The normalized spacial score (nSPS) is 16.5. The summed E-state index contributed by atoms with van der Waals surface area (Å²) in [5.74, 6) is 0.765. The first-order valence-electron chi connectivity index (χ1n) is 10.9. The van der Waals surface area contributed by atoms with Gasteiger partial charge >= 0.3 is 0 Å². The standard InChI is InChI=1S/C25H31N3O3/c1-30-14-13-27-9-11-28(12-10-27)18-22(29)19-31-23-15-20-5-2-3-7-24(20)25(16-23)21-6-4-8-26-17-21/h2-8,15-17,22,29H,9-14,18-19H2,1H3. The maximum absolute atomic E-state index is 10.6. The summed E-state index contributed by atoms with van der Waals surface area (Å²) in [5.41, 5.74) is 2.14. The molecule has 6 heteroatoms. The Hall–Kier alpha value is -2.51. The summed E-state index contributed by atoms with van der Waals surface area (Å²) >= 11 is 0. The zero-order valence-electron chi connectivity index (χ0n) is 18.1. The number of benzene rings is 2. The lowest BCUT2D eigenvalue weighted by atomic mass is 9.99. The molecule has 0 aliphatic carbocycles. The Morgan fingerprint density at radius 1 is 1.03 bits per heavy atom. The van der Waals surface area contributed by atoms with Gasteiger partial charge in [-0.3, -0.25) is 14.8 Å². The second-order valence-corrected chi connectivity index (χ2v) is 8.03. The van der Waals surface area contributed by atoms with Gasteiger partial charge in [-0.15, -0.1) is 0 Å². The molecular weight excluding hydrogens is 390 g/mol. The van der Waals surface area contributed by atoms with Crippen LogP contribution in [0.3, 0.4) is 0 Å².